The average molecular weight is 310 g/mol. The van der Waals surface area contributed by atoms with Crippen LogP contribution in [0.1, 0.15) is 36.9 Å². The molecular formula is C19H22N2O2. The van der Waals surface area contributed by atoms with Gasteiger partial charge < -0.3 is 10.0 Å². The lowest BCUT2D eigenvalue weighted by molar-refractivity contribution is -0.130. The van der Waals surface area contributed by atoms with Crippen LogP contribution in [0.15, 0.2) is 42.6 Å². The summed E-state index contributed by atoms with van der Waals surface area (Å²) in [5, 5.41) is 9.10. The van der Waals surface area contributed by atoms with Crippen LogP contribution >= 0.6 is 0 Å². The third-order valence-electron chi connectivity index (χ3n) is 4.54. The van der Waals surface area contributed by atoms with Gasteiger partial charge in [-0.05, 0) is 30.0 Å². The molecule has 1 amide bonds. The smallest absolute Gasteiger partial charge is 0.219 e. The molecule has 1 N–H and O–H groups in total. The Morgan fingerprint density at radius 2 is 1.96 bits per heavy atom. The second-order valence-corrected chi connectivity index (χ2v) is 6.13. The van der Waals surface area contributed by atoms with E-state index in [2.05, 4.69) is 17.1 Å². The van der Waals surface area contributed by atoms with Crippen LogP contribution in [-0.2, 0) is 11.4 Å². The number of aliphatic hydroxyl groups excluding tert-OH is 1. The molecular weight excluding hydrogens is 288 g/mol. The highest BCUT2D eigenvalue weighted by Gasteiger charge is 2.23. The number of amides is 1. The summed E-state index contributed by atoms with van der Waals surface area (Å²) in [4.78, 5) is 18.1. The summed E-state index contributed by atoms with van der Waals surface area (Å²) in [5.41, 5.74) is 4.13. The first-order valence-electron chi connectivity index (χ1n) is 8.09. The van der Waals surface area contributed by atoms with Gasteiger partial charge in [0.1, 0.15) is 0 Å². The highest BCUT2D eigenvalue weighted by Crippen LogP contribution is 2.27. The van der Waals surface area contributed by atoms with Gasteiger partial charge >= 0.3 is 0 Å². The van der Waals surface area contributed by atoms with Crippen molar-refractivity contribution in [1.82, 2.24) is 9.88 Å². The third-order valence-corrected chi connectivity index (χ3v) is 4.54. The number of benzene rings is 1. The number of pyridine rings is 1. The Morgan fingerprint density at radius 1 is 1.22 bits per heavy atom. The van der Waals surface area contributed by atoms with Gasteiger partial charge in [0.25, 0.3) is 0 Å². The maximum atomic E-state index is 11.6. The van der Waals surface area contributed by atoms with Gasteiger partial charge in [-0.3, -0.25) is 9.78 Å². The van der Waals surface area contributed by atoms with Crippen molar-refractivity contribution in [3.63, 3.8) is 0 Å². The maximum Gasteiger partial charge on any atom is 0.219 e. The van der Waals surface area contributed by atoms with Gasteiger partial charge in [0.2, 0.25) is 5.91 Å². The lowest BCUT2D eigenvalue weighted by Crippen LogP contribution is -2.37. The van der Waals surface area contributed by atoms with Crippen LogP contribution in [0.3, 0.4) is 0 Å². The van der Waals surface area contributed by atoms with Crippen molar-refractivity contribution in [2.45, 2.75) is 32.3 Å². The Kier molecular flexibility index (Phi) is 4.72. The summed E-state index contributed by atoms with van der Waals surface area (Å²) in [6.07, 6.45) is 4.02. The van der Waals surface area contributed by atoms with Crippen molar-refractivity contribution in [2.75, 3.05) is 13.1 Å². The molecule has 2 heterocycles. The number of hydrogen-bond donors (Lipinski definition) is 1. The van der Waals surface area contributed by atoms with E-state index in [4.69, 9.17) is 5.11 Å². The molecule has 1 aromatic carbocycles. The van der Waals surface area contributed by atoms with Crippen molar-refractivity contribution in [1.29, 1.82) is 0 Å². The minimum absolute atomic E-state index is 0.0613. The molecule has 1 atom stereocenters. The molecule has 3 rings (SSSR count). The Labute approximate surface area is 136 Å². The second kappa shape index (κ2) is 6.92. The molecule has 0 saturated carbocycles. The van der Waals surface area contributed by atoms with Crippen molar-refractivity contribution >= 4 is 5.91 Å². The molecule has 2 aromatic rings. The number of aliphatic hydroxyl groups is 1. The van der Waals surface area contributed by atoms with Crippen molar-refractivity contribution in [3.8, 4) is 11.1 Å². The first-order chi connectivity index (χ1) is 11.2. The van der Waals surface area contributed by atoms with Crippen LogP contribution in [0.2, 0.25) is 0 Å². The summed E-state index contributed by atoms with van der Waals surface area (Å²) < 4.78 is 0. The van der Waals surface area contributed by atoms with Crippen LogP contribution in [0.5, 0.6) is 0 Å². The van der Waals surface area contributed by atoms with Gasteiger partial charge in [-0.15, -0.1) is 0 Å². The summed E-state index contributed by atoms with van der Waals surface area (Å²) in [6.45, 7) is 3.33. The highest BCUT2D eigenvalue weighted by atomic mass is 16.3. The molecule has 0 unspecified atom stereocenters. The van der Waals surface area contributed by atoms with E-state index in [9.17, 15) is 4.79 Å². The van der Waals surface area contributed by atoms with Crippen molar-refractivity contribution in [3.05, 3.63) is 53.9 Å². The monoisotopic (exact) mass is 310 g/mol. The summed E-state index contributed by atoms with van der Waals surface area (Å²) in [6, 6.07) is 12.0. The van der Waals surface area contributed by atoms with E-state index >= 15 is 0 Å². The predicted molar refractivity (Wildman–Crippen MR) is 89.8 cm³/mol. The quantitative estimate of drug-likeness (QED) is 0.948. The zero-order valence-electron chi connectivity index (χ0n) is 13.4. The number of likely N-dealkylation sites (tertiary alicyclic amines) is 1. The molecule has 23 heavy (non-hydrogen) atoms. The normalized spacial score (nSPS) is 18.0. The third kappa shape index (κ3) is 3.59. The van der Waals surface area contributed by atoms with Crippen LogP contribution in [-0.4, -0.2) is 34.0 Å². The number of rotatable bonds is 3. The van der Waals surface area contributed by atoms with E-state index in [0.717, 1.165) is 48.3 Å². The van der Waals surface area contributed by atoms with Gasteiger partial charge in [-0.1, -0.05) is 30.3 Å². The fourth-order valence-electron chi connectivity index (χ4n) is 3.12. The molecule has 0 aliphatic carbocycles. The minimum atomic E-state index is 0.0613. The van der Waals surface area contributed by atoms with E-state index in [-0.39, 0.29) is 12.5 Å². The number of aromatic nitrogens is 1. The van der Waals surface area contributed by atoms with E-state index in [1.54, 1.807) is 6.92 Å². The predicted octanol–water partition coefficient (Wildman–Crippen LogP) is 2.97. The fraction of sp³-hybridized carbons (Fsp3) is 0.368. The molecule has 1 aromatic heterocycles. The summed E-state index contributed by atoms with van der Waals surface area (Å²) >= 11 is 0. The molecule has 4 heteroatoms. The summed E-state index contributed by atoms with van der Waals surface area (Å²) in [5.74, 6) is 0.480. The average Bonchev–Trinajstić information content (AvgIpc) is 2.62. The lowest BCUT2D eigenvalue weighted by atomic mass is 9.93. The van der Waals surface area contributed by atoms with Crippen LogP contribution in [0, 0.1) is 0 Å². The first kappa shape index (κ1) is 15.7. The molecule has 1 saturated heterocycles. The van der Waals surface area contributed by atoms with Gasteiger partial charge in [0, 0.05) is 43.4 Å². The molecule has 0 bridgehead atoms. The van der Waals surface area contributed by atoms with Gasteiger partial charge in [0.05, 0.1) is 6.61 Å². The zero-order valence-corrected chi connectivity index (χ0v) is 13.4. The van der Waals surface area contributed by atoms with Crippen molar-refractivity contribution < 1.29 is 9.90 Å². The van der Waals surface area contributed by atoms with Crippen LogP contribution in [0.4, 0.5) is 0 Å². The number of piperidine rings is 1. The Morgan fingerprint density at radius 3 is 2.57 bits per heavy atom. The van der Waals surface area contributed by atoms with E-state index < -0.39 is 0 Å². The maximum absolute atomic E-state index is 11.6. The summed E-state index contributed by atoms with van der Waals surface area (Å²) in [7, 11) is 0. The number of hydrogen-bond acceptors (Lipinski definition) is 3. The zero-order chi connectivity index (χ0) is 16.2. The highest BCUT2D eigenvalue weighted by molar-refractivity contribution is 5.73. The molecule has 1 aliphatic rings. The fourth-order valence-corrected chi connectivity index (χ4v) is 3.12. The Balaban J connectivity index is 1.74. The number of carbonyl (C=O) groups is 1. The van der Waals surface area contributed by atoms with Crippen molar-refractivity contribution in [2.24, 2.45) is 0 Å². The SMILES string of the molecule is CC(=O)N1CCC[C@@H](c2ccc(-c3ccc(CO)cc3)cn2)C1. The molecule has 0 spiro atoms. The lowest BCUT2D eigenvalue weighted by Gasteiger charge is -2.31. The van der Waals surface area contributed by atoms with Crippen LogP contribution < -0.4 is 0 Å². The minimum Gasteiger partial charge on any atom is -0.392 e. The Hall–Kier alpha value is -2.20. The van der Waals surface area contributed by atoms with Gasteiger partial charge in [-0.25, -0.2) is 0 Å². The second-order valence-electron chi connectivity index (χ2n) is 6.13. The number of carbonyl (C=O) groups excluding carboxylic acids is 1. The first-order valence-corrected chi connectivity index (χ1v) is 8.09. The topological polar surface area (TPSA) is 53.4 Å². The van der Waals surface area contributed by atoms with E-state index in [0.29, 0.717) is 5.92 Å². The molecule has 120 valence electrons. The Bertz CT molecular complexity index is 665. The largest absolute Gasteiger partial charge is 0.392 e. The molecule has 0 radical (unpaired) electrons. The van der Waals surface area contributed by atoms with Gasteiger partial charge in [-0.2, -0.15) is 0 Å². The standard InChI is InChI=1S/C19H22N2O2/c1-14(23)21-10-2-3-18(12-21)19-9-8-17(11-20-19)16-6-4-15(13-22)5-7-16/h4-9,11,18,22H,2-3,10,12-13H2,1H3/t18-/m1/s1. The number of nitrogens with zero attached hydrogens (tertiary/aromatic N) is 2. The van der Waals surface area contributed by atoms with E-state index in [1.807, 2.05) is 35.4 Å². The van der Waals surface area contributed by atoms with E-state index in [1.165, 1.54) is 0 Å². The molecule has 1 fully saturated rings. The van der Waals surface area contributed by atoms with Crippen LogP contribution in [0.25, 0.3) is 11.1 Å². The molecule has 4 nitrogen and oxygen atoms in total. The molecule has 1 aliphatic heterocycles. The van der Waals surface area contributed by atoms with Gasteiger partial charge in [0.15, 0.2) is 0 Å².